The molecule has 4 aromatic rings. The molecule has 0 saturated heterocycles. The third kappa shape index (κ3) is 5.68. The zero-order chi connectivity index (χ0) is 25.8. The van der Waals surface area contributed by atoms with Crippen molar-refractivity contribution >= 4 is 28.8 Å². The van der Waals surface area contributed by atoms with Crippen LogP contribution >= 0.6 is 12.2 Å². The smallest absolute Gasteiger partial charge is 0.291 e. The van der Waals surface area contributed by atoms with Gasteiger partial charge in [-0.1, -0.05) is 72.1 Å². The van der Waals surface area contributed by atoms with E-state index in [2.05, 4.69) is 32.3 Å². The molecule has 2 N–H and O–H groups in total. The fourth-order valence-electron chi connectivity index (χ4n) is 3.95. The number of aromatic amines is 1. The molecule has 0 fully saturated rings. The number of benzene rings is 3. The number of hydrogen-bond donors (Lipinski definition) is 2. The minimum absolute atomic E-state index is 0.0619. The summed E-state index contributed by atoms with van der Waals surface area (Å²) in [6.45, 7) is 2.24. The number of fused-ring (bicyclic) bond motifs is 1. The Morgan fingerprint density at radius 2 is 1.84 bits per heavy atom. The second-order valence-electron chi connectivity index (χ2n) is 8.80. The summed E-state index contributed by atoms with van der Waals surface area (Å²) in [5.41, 5.74) is 4.85. The maximum atomic E-state index is 12.9. The van der Waals surface area contributed by atoms with Crippen LogP contribution in [0, 0.1) is 18.8 Å². The number of amides is 1. The van der Waals surface area contributed by atoms with Crippen LogP contribution in [0.1, 0.15) is 38.7 Å². The first-order valence-electron chi connectivity index (χ1n) is 11.9. The monoisotopic (exact) mass is 507 g/mol. The molecular formula is C29H25N5O2S. The first-order chi connectivity index (χ1) is 18.0. The quantitative estimate of drug-likeness (QED) is 0.320. The fraction of sp³-hybridized carbons (Fsp3) is 0.172. The number of nitrogens with zero attached hydrogens (tertiary/aromatic N) is 3. The molecule has 7 nitrogen and oxygen atoms in total. The Morgan fingerprint density at radius 3 is 2.62 bits per heavy atom. The van der Waals surface area contributed by atoms with Crippen LogP contribution in [0.5, 0.6) is 5.75 Å². The highest BCUT2D eigenvalue weighted by Gasteiger charge is 2.29. The van der Waals surface area contributed by atoms with Gasteiger partial charge in [-0.15, -0.1) is 5.10 Å². The van der Waals surface area contributed by atoms with Crippen LogP contribution in [0.4, 0.5) is 5.69 Å². The van der Waals surface area contributed by atoms with E-state index in [1.165, 1.54) is 5.56 Å². The van der Waals surface area contributed by atoms with Crippen LogP contribution in [0.25, 0.3) is 0 Å². The SMILES string of the molecule is Cc1ccc(C#Cc2ccc3c(c2)N(C)C(=S)[C@@H](NC(=O)c2n[nH]c(Cc4ccccc4)n2)CO3)cc1. The van der Waals surface area contributed by atoms with Gasteiger partial charge in [-0.3, -0.25) is 9.89 Å². The maximum Gasteiger partial charge on any atom is 0.291 e. The van der Waals surface area contributed by atoms with E-state index in [4.69, 9.17) is 17.0 Å². The van der Waals surface area contributed by atoms with E-state index in [0.717, 1.165) is 22.4 Å². The number of aryl methyl sites for hydroxylation is 1. The highest BCUT2D eigenvalue weighted by atomic mass is 32.1. The van der Waals surface area contributed by atoms with Crippen molar-refractivity contribution in [2.75, 3.05) is 18.6 Å². The van der Waals surface area contributed by atoms with E-state index >= 15 is 0 Å². The van der Waals surface area contributed by atoms with E-state index in [1.807, 2.05) is 91.7 Å². The summed E-state index contributed by atoms with van der Waals surface area (Å²) in [4.78, 5) is 19.6. The molecule has 0 bridgehead atoms. The molecule has 0 unspecified atom stereocenters. The van der Waals surface area contributed by atoms with E-state index in [1.54, 1.807) is 0 Å². The number of rotatable bonds is 4. The van der Waals surface area contributed by atoms with Crippen molar-refractivity contribution in [3.8, 4) is 17.6 Å². The second kappa shape index (κ2) is 10.6. The summed E-state index contributed by atoms with van der Waals surface area (Å²) >= 11 is 5.72. The number of anilines is 1. The van der Waals surface area contributed by atoms with Gasteiger partial charge in [-0.05, 0) is 42.8 Å². The Morgan fingerprint density at radius 1 is 1.11 bits per heavy atom. The van der Waals surface area contributed by atoms with Crippen molar-refractivity contribution < 1.29 is 9.53 Å². The van der Waals surface area contributed by atoms with E-state index in [9.17, 15) is 4.79 Å². The number of hydrogen-bond acceptors (Lipinski definition) is 5. The molecule has 1 aromatic heterocycles. The van der Waals surface area contributed by atoms with Crippen molar-refractivity contribution in [1.29, 1.82) is 0 Å². The van der Waals surface area contributed by atoms with E-state index < -0.39 is 11.9 Å². The van der Waals surface area contributed by atoms with Gasteiger partial charge in [0.15, 0.2) is 0 Å². The average Bonchev–Trinajstić information content (AvgIpc) is 3.35. The van der Waals surface area contributed by atoms with Gasteiger partial charge in [-0.2, -0.15) is 0 Å². The molecule has 1 atom stereocenters. The van der Waals surface area contributed by atoms with Crippen LogP contribution in [0.3, 0.4) is 0 Å². The molecule has 3 aromatic carbocycles. The molecule has 8 heteroatoms. The van der Waals surface area contributed by atoms with Crippen LogP contribution in [0.15, 0.2) is 72.8 Å². The number of carbonyl (C=O) groups excluding carboxylic acids is 1. The number of likely N-dealkylation sites (N-methyl/N-ethyl adjacent to an activating group) is 1. The van der Waals surface area contributed by atoms with Gasteiger partial charge >= 0.3 is 0 Å². The highest BCUT2D eigenvalue weighted by molar-refractivity contribution is 7.80. The lowest BCUT2D eigenvalue weighted by atomic mass is 10.1. The number of H-pyrrole nitrogens is 1. The van der Waals surface area contributed by atoms with Gasteiger partial charge in [0.25, 0.3) is 5.91 Å². The number of ether oxygens (including phenoxy) is 1. The van der Waals surface area contributed by atoms with Gasteiger partial charge in [0.2, 0.25) is 5.82 Å². The predicted octanol–water partition coefficient (Wildman–Crippen LogP) is 4.06. The molecule has 0 radical (unpaired) electrons. The first-order valence-corrected chi connectivity index (χ1v) is 12.3. The molecule has 0 saturated carbocycles. The molecule has 37 heavy (non-hydrogen) atoms. The zero-order valence-corrected chi connectivity index (χ0v) is 21.3. The topological polar surface area (TPSA) is 83.1 Å². The van der Waals surface area contributed by atoms with Crippen molar-refractivity contribution in [3.05, 3.63) is 107 Å². The maximum absolute atomic E-state index is 12.9. The minimum atomic E-state index is -0.530. The summed E-state index contributed by atoms with van der Waals surface area (Å²) in [7, 11) is 1.86. The molecular weight excluding hydrogens is 482 g/mol. The number of aromatic nitrogens is 3. The van der Waals surface area contributed by atoms with Crippen LogP contribution in [-0.4, -0.2) is 45.8 Å². The number of thiocarbonyl (C=S) groups is 1. The van der Waals surface area contributed by atoms with Crippen molar-refractivity contribution in [2.45, 2.75) is 19.4 Å². The zero-order valence-electron chi connectivity index (χ0n) is 20.5. The van der Waals surface area contributed by atoms with Gasteiger partial charge in [0.1, 0.15) is 29.2 Å². The molecule has 1 aliphatic rings. The van der Waals surface area contributed by atoms with Crippen molar-refractivity contribution in [1.82, 2.24) is 20.5 Å². The predicted molar refractivity (Wildman–Crippen MR) is 147 cm³/mol. The number of nitrogens with one attached hydrogen (secondary N) is 2. The summed E-state index contributed by atoms with van der Waals surface area (Å²) in [5, 5.41) is 9.84. The Labute approximate surface area is 220 Å². The number of carbonyl (C=O) groups is 1. The lowest BCUT2D eigenvalue weighted by Gasteiger charge is -2.23. The third-order valence-corrected chi connectivity index (χ3v) is 6.57. The molecule has 2 heterocycles. The fourth-order valence-corrected chi connectivity index (χ4v) is 4.17. The normalized spacial score (nSPS) is 14.6. The van der Waals surface area contributed by atoms with Gasteiger partial charge < -0.3 is 15.0 Å². The van der Waals surface area contributed by atoms with Gasteiger partial charge in [-0.25, -0.2) is 4.98 Å². The van der Waals surface area contributed by atoms with E-state index in [-0.39, 0.29) is 12.4 Å². The lowest BCUT2D eigenvalue weighted by molar-refractivity contribution is 0.0927. The Kier molecular flexibility index (Phi) is 6.97. The summed E-state index contributed by atoms with van der Waals surface area (Å²) in [6.07, 6.45) is 0.555. The Bertz CT molecular complexity index is 1500. The molecule has 1 aliphatic heterocycles. The molecule has 0 aliphatic carbocycles. The Hall–Kier alpha value is -4.48. The molecule has 5 rings (SSSR count). The largest absolute Gasteiger partial charge is 0.489 e. The summed E-state index contributed by atoms with van der Waals surface area (Å²) in [6, 6.07) is 23.2. The second-order valence-corrected chi connectivity index (χ2v) is 9.22. The summed E-state index contributed by atoms with van der Waals surface area (Å²) < 4.78 is 6.01. The molecule has 0 spiro atoms. The van der Waals surface area contributed by atoms with Crippen LogP contribution < -0.4 is 15.0 Å². The lowest BCUT2D eigenvalue weighted by Crippen LogP contribution is -2.48. The third-order valence-electron chi connectivity index (χ3n) is 6.01. The molecule has 184 valence electrons. The van der Waals surface area contributed by atoms with Gasteiger partial charge in [0, 0.05) is 24.6 Å². The minimum Gasteiger partial charge on any atom is -0.489 e. The standard InChI is InChI=1S/C29H25N5O2S/c1-19-8-10-20(11-9-19)12-13-22-14-15-25-24(16-22)34(2)29(37)23(18-36-25)30-28(35)27-31-26(32-33-27)17-21-6-4-3-5-7-21/h3-11,14-16,23H,17-18H2,1-2H3,(H,30,35)(H,31,32,33)/t23-/m0/s1. The van der Waals surface area contributed by atoms with Crippen LogP contribution in [-0.2, 0) is 6.42 Å². The van der Waals surface area contributed by atoms with Crippen molar-refractivity contribution in [3.63, 3.8) is 0 Å². The van der Waals surface area contributed by atoms with Crippen molar-refractivity contribution in [2.24, 2.45) is 0 Å². The van der Waals surface area contributed by atoms with E-state index in [0.29, 0.717) is 23.0 Å². The average molecular weight is 508 g/mol. The highest BCUT2D eigenvalue weighted by Crippen LogP contribution is 2.32. The summed E-state index contributed by atoms with van der Waals surface area (Å²) in [5.74, 6) is 7.32. The van der Waals surface area contributed by atoms with Crippen LogP contribution in [0.2, 0.25) is 0 Å². The Balaban J connectivity index is 1.27. The van der Waals surface area contributed by atoms with Gasteiger partial charge in [0.05, 0.1) is 5.69 Å². The molecule has 1 amide bonds. The first kappa shape index (κ1) is 24.2.